The van der Waals surface area contributed by atoms with E-state index in [-0.39, 0.29) is 21.7 Å². The van der Waals surface area contributed by atoms with E-state index in [1.807, 2.05) is 0 Å². The summed E-state index contributed by atoms with van der Waals surface area (Å²) in [6.45, 7) is 0. The Morgan fingerprint density at radius 1 is 0.913 bits per heavy atom. The Morgan fingerprint density at radius 3 is 2.35 bits per heavy atom. The molecular weight excluding hydrogens is 316 g/mol. The van der Waals surface area contributed by atoms with Gasteiger partial charge in [0.15, 0.2) is 10.7 Å². The van der Waals surface area contributed by atoms with E-state index >= 15 is 0 Å². The van der Waals surface area contributed by atoms with Crippen molar-refractivity contribution in [2.75, 3.05) is 0 Å². The van der Waals surface area contributed by atoms with Crippen molar-refractivity contribution in [3.8, 4) is 11.5 Å². The second-order valence-corrected chi connectivity index (χ2v) is 6.26. The molecule has 0 saturated heterocycles. The summed E-state index contributed by atoms with van der Waals surface area (Å²) in [5.74, 6) is -0.472. The summed E-state index contributed by atoms with van der Waals surface area (Å²) >= 11 is 0. The third kappa shape index (κ3) is 2.67. The summed E-state index contributed by atoms with van der Waals surface area (Å²) in [5.41, 5.74) is -0.124. The Kier molecular flexibility index (Phi) is 3.60. The number of hydrogen-bond acceptors (Lipinski definition) is 5. The first-order valence-corrected chi connectivity index (χ1v) is 8.01. The molecule has 3 rings (SSSR count). The van der Waals surface area contributed by atoms with Crippen LogP contribution < -0.4 is 9.29 Å². The van der Waals surface area contributed by atoms with Crippen LogP contribution in [0, 0.1) is 5.39 Å². The second-order valence-electron chi connectivity index (χ2n) is 4.72. The van der Waals surface area contributed by atoms with Gasteiger partial charge in [0.25, 0.3) is 0 Å². The van der Waals surface area contributed by atoms with Crippen LogP contribution in [0.2, 0.25) is 0 Å². The van der Waals surface area contributed by atoms with Crippen molar-refractivity contribution in [1.82, 2.24) is 0 Å². The van der Waals surface area contributed by atoms with Crippen molar-refractivity contribution in [3.05, 3.63) is 65.6 Å². The van der Waals surface area contributed by atoms with Crippen LogP contribution in [0.3, 0.4) is 0 Å². The van der Waals surface area contributed by atoms with Gasteiger partial charge >= 0.3 is 15.8 Å². The maximum absolute atomic E-state index is 12.3. The summed E-state index contributed by atoms with van der Waals surface area (Å²) in [6.07, 6.45) is 0. The molecule has 0 aromatic heterocycles. The van der Waals surface area contributed by atoms with Crippen LogP contribution in [-0.2, 0) is 10.1 Å². The van der Waals surface area contributed by atoms with Gasteiger partial charge in [0.1, 0.15) is 4.90 Å². The predicted molar refractivity (Wildman–Crippen MR) is 82.4 cm³/mol. The van der Waals surface area contributed by atoms with Gasteiger partial charge in [-0.1, -0.05) is 30.3 Å². The number of benzene rings is 3. The van der Waals surface area contributed by atoms with E-state index in [1.165, 1.54) is 42.5 Å². The lowest BCUT2D eigenvalue weighted by Gasteiger charge is -2.12. The summed E-state index contributed by atoms with van der Waals surface area (Å²) in [5, 5.41) is 21.4. The maximum Gasteiger partial charge on any atom is 0.378 e. The molecule has 0 fully saturated rings. The molecule has 0 spiro atoms. The molecule has 3 aromatic carbocycles. The van der Waals surface area contributed by atoms with E-state index in [0.29, 0.717) is 5.39 Å². The topological polar surface area (TPSA) is 94.6 Å². The van der Waals surface area contributed by atoms with Gasteiger partial charge < -0.3 is 9.29 Å². The lowest BCUT2D eigenvalue weighted by molar-refractivity contribution is -0.264. The Balaban J connectivity index is 2.12. The molecule has 0 aliphatic carbocycles. The van der Waals surface area contributed by atoms with E-state index in [0.717, 1.165) is 0 Å². The zero-order valence-corrected chi connectivity index (χ0v) is 12.5. The zero-order valence-electron chi connectivity index (χ0n) is 11.7. The van der Waals surface area contributed by atoms with E-state index < -0.39 is 15.9 Å². The van der Waals surface area contributed by atoms with Crippen LogP contribution >= 0.6 is 0 Å². The van der Waals surface area contributed by atoms with E-state index in [9.17, 15) is 13.5 Å². The van der Waals surface area contributed by atoms with Gasteiger partial charge in [0.2, 0.25) is 5.39 Å². The highest BCUT2D eigenvalue weighted by Crippen LogP contribution is 2.37. The summed E-state index contributed by atoms with van der Waals surface area (Å²) in [4.78, 5) is 2.92. The third-order valence-corrected chi connectivity index (χ3v) is 4.54. The average Bonchev–Trinajstić information content (AvgIpc) is 2.56. The third-order valence-electron chi connectivity index (χ3n) is 3.29. The van der Waals surface area contributed by atoms with E-state index in [1.54, 1.807) is 18.2 Å². The molecule has 0 heterocycles. The largest absolute Gasteiger partial charge is 0.867 e. The molecular formula is C16H10N2O4S. The monoisotopic (exact) mass is 326 g/mol. The molecule has 0 radical (unpaired) electrons. The molecule has 0 amide bonds. The highest BCUT2D eigenvalue weighted by molar-refractivity contribution is 7.87. The highest BCUT2D eigenvalue weighted by atomic mass is 32.2. The van der Waals surface area contributed by atoms with Crippen LogP contribution in [0.25, 0.3) is 15.7 Å². The lowest BCUT2D eigenvalue weighted by atomic mass is 10.1. The Morgan fingerprint density at radius 2 is 1.65 bits per heavy atom. The van der Waals surface area contributed by atoms with Gasteiger partial charge in [-0.2, -0.15) is 8.42 Å². The fraction of sp³-hybridized carbons (Fsp3) is 0. The lowest BCUT2D eigenvalue weighted by Crippen LogP contribution is -2.09. The molecule has 6 nitrogen and oxygen atoms in total. The molecule has 0 N–H and O–H groups in total. The first-order valence-electron chi connectivity index (χ1n) is 6.60. The van der Waals surface area contributed by atoms with Crippen LogP contribution in [0.4, 0.5) is 5.69 Å². The van der Waals surface area contributed by atoms with Crippen molar-refractivity contribution in [1.29, 1.82) is 5.39 Å². The standard InChI is InChI=1S/C16H10N2O4S/c17-18-14-10-9-12-13(16(14)19)7-4-8-15(12)22-23(20,21)11-5-2-1-3-6-11/h1-10H. The van der Waals surface area contributed by atoms with Crippen molar-refractivity contribution in [2.24, 2.45) is 0 Å². The van der Waals surface area contributed by atoms with Crippen LogP contribution in [0.1, 0.15) is 0 Å². The quantitative estimate of drug-likeness (QED) is 0.544. The van der Waals surface area contributed by atoms with Crippen molar-refractivity contribution in [2.45, 2.75) is 4.90 Å². The Bertz CT molecular complexity index is 1030. The van der Waals surface area contributed by atoms with Gasteiger partial charge in [0, 0.05) is 11.5 Å². The van der Waals surface area contributed by atoms with E-state index in [4.69, 9.17) is 9.58 Å². The van der Waals surface area contributed by atoms with Gasteiger partial charge in [-0.3, -0.25) is 0 Å². The van der Waals surface area contributed by atoms with E-state index in [2.05, 4.69) is 4.98 Å². The van der Waals surface area contributed by atoms with Crippen molar-refractivity contribution in [3.63, 3.8) is 0 Å². The predicted octanol–water partition coefficient (Wildman–Crippen LogP) is 3.17. The van der Waals surface area contributed by atoms with Gasteiger partial charge in [-0.25, -0.2) is 0 Å². The molecule has 23 heavy (non-hydrogen) atoms. The molecule has 0 aliphatic rings. The fourth-order valence-corrected chi connectivity index (χ4v) is 3.16. The molecule has 0 atom stereocenters. The summed E-state index contributed by atoms with van der Waals surface area (Å²) < 4.78 is 29.8. The molecule has 0 aliphatic heterocycles. The molecule has 0 bridgehead atoms. The number of fused-ring (bicyclic) bond motifs is 1. The molecule has 0 unspecified atom stereocenters. The summed E-state index contributed by atoms with van der Waals surface area (Å²) in [7, 11) is -4.01. The van der Waals surface area contributed by atoms with Crippen LogP contribution in [0.15, 0.2) is 65.6 Å². The maximum atomic E-state index is 12.3. The summed E-state index contributed by atoms with van der Waals surface area (Å²) in [6, 6.07) is 14.9. The Labute approximate surface area is 132 Å². The molecule has 114 valence electrons. The molecule has 7 heteroatoms. The fourth-order valence-electron chi connectivity index (χ4n) is 2.19. The number of nitrogens with zero attached hydrogens (tertiary/aromatic N) is 2. The smallest absolute Gasteiger partial charge is 0.378 e. The zero-order chi connectivity index (χ0) is 16.4. The van der Waals surface area contributed by atoms with Gasteiger partial charge in [-0.15, -0.1) is 0 Å². The second kappa shape index (κ2) is 5.59. The van der Waals surface area contributed by atoms with Gasteiger partial charge in [0.05, 0.1) is 0 Å². The first-order chi connectivity index (χ1) is 11.0. The van der Waals surface area contributed by atoms with Crippen molar-refractivity contribution < 1.29 is 17.7 Å². The minimum absolute atomic E-state index is 0.0151. The number of rotatable bonds is 3. The minimum atomic E-state index is -4.01. The Hall–Kier alpha value is -3.11. The molecule has 0 saturated carbocycles. The SMILES string of the molecule is N#[N+]c1ccc2c(OS(=O)(=O)c3ccccc3)cccc2c1[O-]. The van der Waals surface area contributed by atoms with Crippen LogP contribution in [0.5, 0.6) is 11.5 Å². The van der Waals surface area contributed by atoms with Crippen molar-refractivity contribution >= 4 is 26.6 Å². The average molecular weight is 326 g/mol. The molecule has 3 aromatic rings. The number of hydrogen-bond donors (Lipinski definition) is 0. The van der Waals surface area contributed by atoms with Crippen LogP contribution in [-0.4, -0.2) is 8.42 Å². The normalized spacial score (nSPS) is 11.1. The van der Waals surface area contributed by atoms with Gasteiger partial charge in [-0.05, 0) is 35.4 Å². The highest BCUT2D eigenvalue weighted by Gasteiger charge is 2.19. The minimum Gasteiger partial charge on any atom is -0.867 e. The first kappa shape index (κ1) is 14.8. The number of diazo groups is 1.